The topological polar surface area (TPSA) is 116 Å². The number of aliphatic imine (C=N–C) groups is 1. The minimum Gasteiger partial charge on any atom is -0.444 e. The van der Waals surface area contributed by atoms with Crippen molar-refractivity contribution in [1.29, 1.82) is 0 Å². The van der Waals surface area contributed by atoms with Gasteiger partial charge in [0, 0.05) is 31.2 Å². The van der Waals surface area contributed by atoms with Crippen LogP contribution in [0, 0.1) is 0 Å². The molecule has 1 heterocycles. The third-order valence-corrected chi connectivity index (χ3v) is 5.09. The number of nitrogens with zero attached hydrogens (tertiary/aromatic N) is 3. The van der Waals surface area contributed by atoms with E-state index in [9.17, 15) is 4.79 Å². The summed E-state index contributed by atoms with van der Waals surface area (Å²) in [6, 6.07) is 8.62. The number of alkyl carbamates (subject to hydrolysis) is 1. The molecule has 1 aliphatic carbocycles. The van der Waals surface area contributed by atoms with Crippen molar-refractivity contribution in [3.63, 3.8) is 0 Å². The van der Waals surface area contributed by atoms with Crippen molar-refractivity contribution in [2.45, 2.75) is 70.7 Å². The van der Waals surface area contributed by atoms with Crippen LogP contribution in [0.5, 0.6) is 0 Å². The van der Waals surface area contributed by atoms with Gasteiger partial charge in [-0.3, -0.25) is 10.1 Å². The fraction of sp³-hybridized carbons (Fsp3) is 0.545. The SMILES string of the molecule is CN=C(NCc1cccc(-c2ncn[nH]2)c1)NC1CCC(NC(=O)OC(C)(C)C)CC1. The Kier molecular flexibility index (Phi) is 7.49. The fourth-order valence-electron chi connectivity index (χ4n) is 3.60. The Hall–Kier alpha value is -3.10. The first kappa shape index (κ1) is 22.6. The summed E-state index contributed by atoms with van der Waals surface area (Å²) in [6.07, 6.45) is 4.91. The van der Waals surface area contributed by atoms with Gasteiger partial charge in [0.1, 0.15) is 11.9 Å². The van der Waals surface area contributed by atoms with Crippen molar-refractivity contribution < 1.29 is 9.53 Å². The van der Waals surface area contributed by atoms with Crippen molar-refractivity contribution >= 4 is 12.1 Å². The van der Waals surface area contributed by atoms with E-state index in [0.717, 1.165) is 48.6 Å². The van der Waals surface area contributed by atoms with Gasteiger partial charge in [-0.05, 0) is 58.1 Å². The highest BCUT2D eigenvalue weighted by Gasteiger charge is 2.25. The lowest BCUT2D eigenvalue weighted by Gasteiger charge is -2.31. The highest BCUT2D eigenvalue weighted by atomic mass is 16.6. The summed E-state index contributed by atoms with van der Waals surface area (Å²) in [7, 11) is 1.77. The van der Waals surface area contributed by atoms with Crippen LogP contribution in [0.4, 0.5) is 4.79 Å². The van der Waals surface area contributed by atoms with E-state index in [2.05, 4.69) is 48.3 Å². The van der Waals surface area contributed by atoms with Gasteiger partial charge in [-0.1, -0.05) is 18.2 Å². The number of hydrogen-bond donors (Lipinski definition) is 4. The first-order chi connectivity index (χ1) is 14.8. The van der Waals surface area contributed by atoms with E-state index in [1.54, 1.807) is 7.05 Å². The molecule has 3 rings (SSSR count). The van der Waals surface area contributed by atoms with Crippen LogP contribution in [0.2, 0.25) is 0 Å². The van der Waals surface area contributed by atoms with Gasteiger partial charge in [-0.2, -0.15) is 5.10 Å². The maximum Gasteiger partial charge on any atom is 0.407 e. The van der Waals surface area contributed by atoms with Gasteiger partial charge in [0.05, 0.1) is 0 Å². The molecule has 1 saturated carbocycles. The number of H-pyrrole nitrogens is 1. The Morgan fingerprint density at radius 3 is 2.52 bits per heavy atom. The molecule has 1 amide bonds. The van der Waals surface area contributed by atoms with Gasteiger partial charge < -0.3 is 20.7 Å². The molecule has 1 aromatic heterocycles. The van der Waals surface area contributed by atoms with Crippen LogP contribution >= 0.6 is 0 Å². The van der Waals surface area contributed by atoms with Crippen LogP contribution in [-0.4, -0.2) is 52.0 Å². The summed E-state index contributed by atoms with van der Waals surface area (Å²) in [5, 5.41) is 16.6. The summed E-state index contributed by atoms with van der Waals surface area (Å²) >= 11 is 0. The van der Waals surface area contributed by atoms with Gasteiger partial charge >= 0.3 is 6.09 Å². The number of ether oxygens (including phenoxy) is 1. The molecule has 0 bridgehead atoms. The van der Waals surface area contributed by atoms with Crippen LogP contribution in [0.15, 0.2) is 35.6 Å². The number of nitrogens with one attached hydrogen (secondary N) is 4. The molecule has 0 radical (unpaired) electrons. The molecule has 0 saturated heterocycles. The summed E-state index contributed by atoms with van der Waals surface area (Å²) in [4.78, 5) is 20.5. The number of guanidine groups is 1. The molecule has 0 atom stereocenters. The van der Waals surface area contributed by atoms with Gasteiger partial charge in [-0.15, -0.1) is 0 Å². The van der Waals surface area contributed by atoms with E-state index in [4.69, 9.17) is 4.74 Å². The molecule has 1 aliphatic rings. The van der Waals surface area contributed by atoms with Crippen molar-refractivity contribution in [1.82, 2.24) is 31.1 Å². The number of amides is 1. The maximum atomic E-state index is 12.0. The highest BCUT2D eigenvalue weighted by Crippen LogP contribution is 2.19. The maximum absolute atomic E-state index is 12.0. The molecule has 4 N–H and O–H groups in total. The van der Waals surface area contributed by atoms with Crippen molar-refractivity contribution in [2.24, 2.45) is 4.99 Å². The first-order valence-corrected chi connectivity index (χ1v) is 10.7. The number of rotatable bonds is 5. The molecule has 31 heavy (non-hydrogen) atoms. The molecule has 9 heteroatoms. The molecular formula is C22H33N7O2. The van der Waals surface area contributed by atoms with E-state index in [-0.39, 0.29) is 12.1 Å². The summed E-state index contributed by atoms with van der Waals surface area (Å²) in [5.74, 6) is 1.52. The van der Waals surface area contributed by atoms with Crippen molar-refractivity contribution in [3.05, 3.63) is 36.2 Å². The first-order valence-electron chi connectivity index (χ1n) is 10.7. The minimum atomic E-state index is -0.477. The molecular weight excluding hydrogens is 394 g/mol. The minimum absolute atomic E-state index is 0.154. The monoisotopic (exact) mass is 427 g/mol. The number of hydrogen-bond acceptors (Lipinski definition) is 5. The lowest BCUT2D eigenvalue weighted by Crippen LogP contribution is -2.47. The Morgan fingerprint density at radius 1 is 1.19 bits per heavy atom. The number of benzene rings is 1. The summed E-state index contributed by atoms with van der Waals surface area (Å²) < 4.78 is 5.35. The van der Waals surface area contributed by atoms with Gasteiger partial charge in [0.25, 0.3) is 0 Å². The molecule has 168 valence electrons. The van der Waals surface area contributed by atoms with Crippen LogP contribution < -0.4 is 16.0 Å². The zero-order valence-electron chi connectivity index (χ0n) is 18.7. The average molecular weight is 428 g/mol. The number of carbonyl (C=O) groups excluding carboxylic acids is 1. The molecule has 0 aliphatic heterocycles. The molecule has 9 nitrogen and oxygen atoms in total. The highest BCUT2D eigenvalue weighted by molar-refractivity contribution is 5.80. The molecule has 1 aromatic carbocycles. The van der Waals surface area contributed by atoms with E-state index in [1.807, 2.05) is 32.9 Å². The third-order valence-electron chi connectivity index (χ3n) is 5.09. The van der Waals surface area contributed by atoms with Gasteiger partial charge in [0.15, 0.2) is 11.8 Å². The molecule has 0 unspecified atom stereocenters. The second-order valence-electron chi connectivity index (χ2n) is 8.80. The smallest absolute Gasteiger partial charge is 0.407 e. The summed E-state index contributed by atoms with van der Waals surface area (Å²) in [5.41, 5.74) is 1.65. The predicted octanol–water partition coefficient (Wildman–Crippen LogP) is 2.97. The zero-order chi connectivity index (χ0) is 22.3. The summed E-state index contributed by atoms with van der Waals surface area (Å²) in [6.45, 7) is 6.26. The quantitative estimate of drug-likeness (QED) is 0.431. The second kappa shape index (κ2) is 10.3. The normalized spacial score (nSPS) is 19.5. The number of aromatic nitrogens is 3. The van der Waals surface area contributed by atoms with E-state index in [0.29, 0.717) is 12.6 Å². The predicted molar refractivity (Wildman–Crippen MR) is 121 cm³/mol. The Morgan fingerprint density at radius 2 is 1.90 bits per heavy atom. The van der Waals surface area contributed by atoms with Crippen molar-refractivity contribution in [3.8, 4) is 11.4 Å². The standard InChI is InChI=1S/C22H33N7O2/c1-22(2,3)31-21(30)28-18-10-8-17(9-11-18)27-20(23-4)24-13-15-6-5-7-16(12-15)19-25-14-26-29-19/h5-7,12,14,17-18H,8-11,13H2,1-4H3,(H,28,30)(H2,23,24,27)(H,25,26,29). The zero-order valence-corrected chi connectivity index (χ0v) is 18.7. The van der Waals surface area contributed by atoms with Gasteiger partial charge in [-0.25, -0.2) is 9.78 Å². The van der Waals surface area contributed by atoms with Crippen LogP contribution in [0.3, 0.4) is 0 Å². The lowest BCUT2D eigenvalue weighted by molar-refractivity contribution is 0.0490. The largest absolute Gasteiger partial charge is 0.444 e. The van der Waals surface area contributed by atoms with E-state index < -0.39 is 5.60 Å². The lowest BCUT2D eigenvalue weighted by atomic mass is 9.91. The number of aromatic amines is 1. The Labute approximate surface area is 183 Å². The van der Waals surface area contributed by atoms with E-state index >= 15 is 0 Å². The van der Waals surface area contributed by atoms with Crippen LogP contribution in [0.25, 0.3) is 11.4 Å². The second-order valence-corrected chi connectivity index (χ2v) is 8.80. The number of carbonyl (C=O) groups is 1. The Bertz CT molecular complexity index is 866. The van der Waals surface area contributed by atoms with E-state index in [1.165, 1.54) is 6.33 Å². The molecule has 0 spiro atoms. The third kappa shape index (κ3) is 7.27. The fourth-order valence-corrected chi connectivity index (χ4v) is 3.60. The molecule has 2 aromatic rings. The average Bonchev–Trinajstić information content (AvgIpc) is 3.26. The Balaban J connectivity index is 1.43. The van der Waals surface area contributed by atoms with Gasteiger partial charge in [0.2, 0.25) is 0 Å². The van der Waals surface area contributed by atoms with Crippen LogP contribution in [-0.2, 0) is 11.3 Å². The van der Waals surface area contributed by atoms with Crippen LogP contribution in [0.1, 0.15) is 52.0 Å². The molecule has 1 fully saturated rings. The van der Waals surface area contributed by atoms with Crippen molar-refractivity contribution in [2.75, 3.05) is 7.05 Å².